The van der Waals surface area contributed by atoms with Gasteiger partial charge in [0.25, 0.3) is 0 Å². The van der Waals surface area contributed by atoms with Crippen LogP contribution < -0.4 is 0 Å². The zero-order valence-corrected chi connectivity index (χ0v) is 10.5. The Bertz CT molecular complexity index is 558. The van der Waals surface area contributed by atoms with E-state index in [4.69, 9.17) is 5.11 Å². The van der Waals surface area contributed by atoms with Crippen molar-refractivity contribution in [3.8, 4) is 0 Å². The Hall–Kier alpha value is -1.30. The molecule has 0 bridgehead atoms. The fourth-order valence-electron chi connectivity index (χ4n) is 2.41. The van der Waals surface area contributed by atoms with E-state index in [2.05, 4.69) is 4.98 Å². The van der Waals surface area contributed by atoms with E-state index < -0.39 is 27.0 Å². The van der Waals surface area contributed by atoms with E-state index in [-0.39, 0.29) is 6.42 Å². The van der Waals surface area contributed by atoms with Crippen LogP contribution in [0.2, 0.25) is 0 Å². The topological polar surface area (TPSA) is 87.2 Å². The summed E-state index contributed by atoms with van der Waals surface area (Å²) in [5.74, 6) is -1.68. The number of carbonyl (C=O) groups is 1. The number of aromatic nitrogens is 1. The maximum absolute atomic E-state index is 11.6. The zero-order chi connectivity index (χ0) is 12.8. The van der Waals surface area contributed by atoms with Gasteiger partial charge >= 0.3 is 5.97 Å². The summed E-state index contributed by atoms with van der Waals surface area (Å²) in [5, 5.41) is 8.57. The third-order valence-corrected chi connectivity index (χ3v) is 4.85. The Balaban J connectivity index is 2.46. The second-order valence-corrected chi connectivity index (χ2v) is 6.99. The highest BCUT2D eigenvalue weighted by molar-refractivity contribution is 7.91. The number of hydrogen-bond donors (Lipinski definition) is 2. The minimum atomic E-state index is -3.21. The first kappa shape index (κ1) is 12.2. The highest BCUT2D eigenvalue weighted by Crippen LogP contribution is 2.34. The third-order valence-electron chi connectivity index (χ3n) is 3.28. The summed E-state index contributed by atoms with van der Waals surface area (Å²) < 4.78 is 23.1. The van der Waals surface area contributed by atoms with Crippen LogP contribution in [0.1, 0.15) is 29.3 Å². The number of carboxylic acid groups (broad SMARTS) is 1. The number of nitrogens with one attached hydrogen (secondary N) is 1. The molecule has 0 aromatic carbocycles. The number of carboxylic acids is 1. The van der Waals surface area contributed by atoms with Crippen LogP contribution >= 0.6 is 0 Å². The molecule has 1 aliphatic carbocycles. The van der Waals surface area contributed by atoms with Gasteiger partial charge in [0.2, 0.25) is 0 Å². The Morgan fingerprint density at radius 2 is 2.18 bits per heavy atom. The van der Waals surface area contributed by atoms with E-state index in [1.54, 1.807) is 6.07 Å². The number of sulfone groups is 1. The number of rotatable bonds is 2. The summed E-state index contributed by atoms with van der Waals surface area (Å²) in [7, 11) is -3.21. The van der Waals surface area contributed by atoms with Gasteiger partial charge in [-0.3, -0.25) is 4.79 Å². The zero-order valence-electron chi connectivity index (χ0n) is 9.73. The highest BCUT2D eigenvalue weighted by Gasteiger charge is 2.37. The predicted molar refractivity (Wildman–Crippen MR) is 62.9 cm³/mol. The number of fused-ring (bicyclic) bond motifs is 1. The van der Waals surface area contributed by atoms with Gasteiger partial charge in [0.1, 0.15) is 0 Å². The Morgan fingerprint density at radius 3 is 2.71 bits per heavy atom. The van der Waals surface area contributed by atoms with E-state index in [0.29, 0.717) is 6.42 Å². The van der Waals surface area contributed by atoms with Crippen molar-refractivity contribution in [3.05, 3.63) is 23.0 Å². The fourth-order valence-corrected chi connectivity index (χ4v) is 3.42. The number of hydrogen-bond acceptors (Lipinski definition) is 3. The van der Waals surface area contributed by atoms with Crippen LogP contribution in [-0.2, 0) is 21.1 Å². The number of aryl methyl sites for hydroxylation is 1. The first-order chi connectivity index (χ1) is 7.79. The lowest BCUT2D eigenvalue weighted by Crippen LogP contribution is -2.32. The maximum Gasteiger partial charge on any atom is 0.311 e. The van der Waals surface area contributed by atoms with Crippen molar-refractivity contribution in [2.45, 2.75) is 30.9 Å². The Morgan fingerprint density at radius 1 is 1.53 bits per heavy atom. The SMILES string of the molecule is Cc1cc2c([nH]1)CC(S(C)(=O)=O)CC2C(=O)O. The van der Waals surface area contributed by atoms with Gasteiger partial charge in [-0.2, -0.15) is 0 Å². The van der Waals surface area contributed by atoms with Crippen LogP contribution in [0.15, 0.2) is 6.07 Å². The molecule has 2 rings (SSSR count). The molecule has 5 nitrogen and oxygen atoms in total. The minimum absolute atomic E-state index is 0.165. The first-order valence-electron chi connectivity index (χ1n) is 5.39. The second-order valence-electron chi connectivity index (χ2n) is 4.67. The number of H-pyrrole nitrogens is 1. The van der Waals surface area contributed by atoms with Crippen LogP contribution in [0.25, 0.3) is 0 Å². The van der Waals surface area contributed by atoms with Crippen LogP contribution in [0, 0.1) is 6.92 Å². The van der Waals surface area contributed by atoms with Gasteiger partial charge in [-0.1, -0.05) is 0 Å². The van der Waals surface area contributed by atoms with Gasteiger partial charge in [0.15, 0.2) is 9.84 Å². The number of aromatic amines is 1. The lowest BCUT2D eigenvalue weighted by atomic mass is 9.86. The summed E-state index contributed by atoms with van der Waals surface area (Å²) in [6, 6.07) is 1.80. The van der Waals surface area contributed by atoms with Gasteiger partial charge < -0.3 is 10.1 Å². The molecule has 1 heterocycles. The molecule has 1 aromatic rings. The van der Waals surface area contributed by atoms with E-state index in [0.717, 1.165) is 23.2 Å². The standard InChI is InChI=1S/C11H15NO4S/c1-6-3-8-9(11(13)14)4-7(17(2,15)16)5-10(8)12-6/h3,7,9,12H,4-5H2,1-2H3,(H,13,14). The van der Waals surface area contributed by atoms with Crippen molar-refractivity contribution in [3.63, 3.8) is 0 Å². The van der Waals surface area contributed by atoms with Crippen molar-refractivity contribution in [2.24, 2.45) is 0 Å². The molecule has 0 amide bonds. The molecule has 94 valence electrons. The largest absolute Gasteiger partial charge is 0.481 e. The molecule has 2 N–H and O–H groups in total. The molecule has 17 heavy (non-hydrogen) atoms. The molecule has 2 atom stereocenters. The lowest BCUT2D eigenvalue weighted by Gasteiger charge is -2.25. The third kappa shape index (κ3) is 2.22. The summed E-state index contributed by atoms with van der Waals surface area (Å²) >= 11 is 0. The van der Waals surface area contributed by atoms with Crippen LogP contribution in [-0.4, -0.2) is 36.0 Å². The van der Waals surface area contributed by atoms with E-state index in [9.17, 15) is 13.2 Å². The molecular formula is C11H15NO4S. The average Bonchev–Trinajstić information content (AvgIpc) is 2.54. The van der Waals surface area contributed by atoms with Gasteiger partial charge in [0, 0.05) is 24.1 Å². The summed E-state index contributed by atoms with van der Waals surface area (Å²) in [6.07, 6.45) is 1.71. The fraction of sp³-hybridized carbons (Fsp3) is 0.545. The molecule has 0 saturated heterocycles. The lowest BCUT2D eigenvalue weighted by molar-refractivity contribution is -0.139. The molecule has 2 unspecified atom stereocenters. The Kier molecular flexibility index (Phi) is 2.77. The molecule has 0 radical (unpaired) electrons. The van der Waals surface area contributed by atoms with Crippen LogP contribution in [0.4, 0.5) is 0 Å². The molecule has 0 spiro atoms. The molecule has 0 aliphatic heterocycles. The molecule has 0 saturated carbocycles. The smallest absolute Gasteiger partial charge is 0.311 e. The van der Waals surface area contributed by atoms with Crippen molar-refractivity contribution in [2.75, 3.05) is 6.26 Å². The van der Waals surface area contributed by atoms with Gasteiger partial charge in [-0.05, 0) is 25.0 Å². The van der Waals surface area contributed by atoms with E-state index >= 15 is 0 Å². The van der Waals surface area contributed by atoms with Crippen LogP contribution in [0.5, 0.6) is 0 Å². The van der Waals surface area contributed by atoms with Gasteiger partial charge in [-0.15, -0.1) is 0 Å². The predicted octanol–water partition coefficient (Wildman–Crippen LogP) is 0.851. The maximum atomic E-state index is 11.6. The molecule has 0 fully saturated rings. The van der Waals surface area contributed by atoms with E-state index in [1.165, 1.54) is 0 Å². The monoisotopic (exact) mass is 257 g/mol. The van der Waals surface area contributed by atoms with Crippen molar-refractivity contribution >= 4 is 15.8 Å². The van der Waals surface area contributed by atoms with Crippen LogP contribution in [0.3, 0.4) is 0 Å². The molecule has 6 heteroatoms. The first-order valence-corrected chi connectivity index (χ1v) is 7.34. The van der Waals surface area contributed by atoms with E-state index in [1.807, 2.05) is 6.92 Å². The number of aliphatic carboxylic acids is 1. The summed E-state index contributed by atoms with van der Waals surface area (Å²) in [6.45, 7) is 1.84. The van der Waals surface area contributed by atoms with Crippen molar-refractivity contribution in [1.82, 2.24) is 4.98 Å². The highest BCUT2D eigenvalue weighted by atomic mass is 32.2. The normalized spacial score (nSPS) is 24.4. The molecular weight excluding hydrogens is 242 g/mol. The van der Waals surface area contributed by atoms with Gasteiger partial charge in [-0.25, -0.2) is 8.42 Å². The second kappa shape index (κ2) is 3.87. The summed E-state index contributed by atoms with van der Waals surface area (Å²) in [5.41, 5.74) is 2.35. The van der Waals surface area contributed by atoms with Crippen molar-refractivity contribution < 1.29 is 18.3 Å². The average molecular weight is 257 g/mol. The van der Waals surface area contributed by atoms with Crippen molar-refractivity contribution in [1.29, 1.82) is 0 Å². The minimum Gasteiger partial charge on any atom is -0.481 e. The van der Waals surface area contributed by atoms with Gasteiger partial charge in [0.05, 0.1) is 11.2 Å². The molecule has 1 aliphatic rings. The molecule has 1 aromatic heterocycles. The summed E-state index contributed by atoms with van der Waals surface area (Å²) in [4.78, 5) is 14.2. The Labute approximate surface area is 99.8 Å². The quantitative estimate of drug-likeness (QED) is 0.822.